The van der Waals surface area contributed by atoms with E-state index in [0.29, 0.717) is 16.4 Å². The minimum absolute atomic E-state index is 0.258. The van der Waals surface area contributed by atoms with Gasteiger partial charge in [-0.15, -0.1) is 11.3 Å². The summed E-state index contributed by atoms with van der Waals surface area (Å²) in [4.78, 5) is 18.0. The second kappa shape index (κ2) is 5.55. The lowest BCUT2D eigenvalue weighted by molar-refractivity contribution is -0.114. The van der Waals surface area contributed by atoms with Crippen molar-refractivity contribution in [2.45, 2.75) is 0 Å². The Morgan fingerprint density at radius 1 is 1.17 bits per heavy atom. The lowest BCUT2D eigenvalue weighted by Gasteiger charge is -2.05. The molecule has 0 fully saturated rings. The minimum Gasteiger partial charge on any atom is -0.404 e. The number of nitrogens with two attached hydrogens (primary N) is 1. The summed E-state index contributed by atoms with van der Waals surface area (Å²) >= 11 is 6.35. The number of rotatable bonds is 2. The number of aromatic nitrogens is 1. The molecule has 0 aliphatic carbocycles. The van der Waals surface area contributed by atoms with Gasteiger partial charge in [0.25, 0.3) is 5.91 Å². The molecule has 0 saturated heterocycles. The fourth-order valence-electron chi connectivity index (χ4n) is 2.27. The number of carbonyl (C=O) groups is 1. The van der Waals surface area contributed by atoms with Gasteiger partial charge in [0.2, 0.25) is 5.13 Å². The van der Waals surface area contributed by atoms with Gasteiger partial charge in [0, 0.05) is 6.20 Å². The Balaban J connectivity index is 1.82. The van der Waals surface area contributed by atoms with E-state index in [9.17, 15) is 4.79 Å². The van der Waals surface area contributed by atoms with Crippen molar-refractivity contribution in [2.24, 2.45) is 10.8 Å². The number of nitrogens with zero attached hydrogens (tertiary/aromatic N) is 3. The Hall–Kier alpha value is -2.03. The van der Waals surface area contributed by atoms with Crippen LogP contribution in [-0.2, 0) is 4.79 Å². The Morgan fingerprint density at radius 2 is 2.00 bits per heavy atom. The summed E-state index contributed by atoms with van der Waals surface area (Å²) in [5.74, 6) is -0.258. The van der Waals surface area contributed by atoms with Gasteiger partial charge in [0.1, 0.15) is 5.71 Å². The highest BCUT2D eigenvalue weighted by Gasteiger charge is 2.34. The van der Waals surface area contributed by atoms with Crippen LogP contribution in [0.4, 0.5) is 5.13 Å². The molecular weight excluding hydrogens is 396 g/mol. The predicted molar refractivity (Wildman–Crippen MR) is 97.9 cm³/mol. The molecule has 1 aromatic carbocycles. The molecule has 23 heavy (non-hydrogen) atoms. The van der Waals surface area contributed by atoms with Crippen molar-refractivity contribution >= 4 is 65.6 Å². The molecule has 0 atom stereocenters. The van der Waals surface area contributed by atoms with Crippen LogP contribution in [-0.4, -0.2) is 16.6 Å². The van der Waals surface area contributed by atoms with E-state index in [1.165, 1.54) is 33.9 Å². The second-order valence-electron chi connectivity index (χ2n) is 4.71. The van der Waals surface area contributed by atoms with Crippen LogP contribution in [0.15, 0.2) is 57.1 Å². The van der Waals surface area contributed by atoms with Gasteiger partial charge in [-0.25, -0.2) is 4.98 Å². The Labute approximate surface area is 147 Å². The summed E-state index contributed by atoms with van der Waals surface area (Å²) in [6.07, 6.45) is 1.31. The van der Waals surface area contributed by atoms with Crippen LogP contribution < -0.4 is 10.7 Å². The molecule has 0 radical (unpaired) electrons. The zero-order valence-electron chi connectivity index (χ0n) is 11.6. The molecule has 114 valence electrons. The van der Waals surface area contributed by atoms with Crippen molar-refractivity contribution in [3.8, 4) is 0 Å². The van der Waals surface area contributed by atoms with Gasteiger partial charge in [-0.05, 0) is 40.2 Å². The van der Waals surface area contributed by atoms with Crippen molar-refractivity contribution in [1.82, 2.24) is 4.98 Å². The zero-order chi connectivity index (χ0) is 16.0. The molecule has 1 aliphatic rings. The van der Waals surface area contributed by atoms with Crippen LogP contribution in [0.25, 0.3) is 10.2 Å². The molecule has 3 heterocycles. The highest BCUT2D eigenvalue weighted by molar-refractivity contribution is 9.11. The number of carbonyl (C=O) groups excluding carboxylic acids is 1. The molecule has 3 aromatic rings. The Morgan fingerprint density at radius 3 is 2.70 bits per heavy atom. The molecule has 5 nitrogen and oxygen atoms in total. The number of benzene rings is 1. The molecule has 4 rings (SSSR count). The average molecular weight is 405 g/mol. The largest absolute Gasteiger partial charge is 0.404 e. The zero-order valence-corrected chi connectivity index (χ0v) is 14.8. The lowest BCUT2D eigenvalue weighted by Crippen LogP contribution is -2.21. The van der Waals surface area contributed by atoms with Gasteiger partial charge in [-0.2, -0.15) is 10.1 Å². The van der Waals surface area contributed by atoms with E-state index >= 15 is 0 Å². The smallest absolute Gasteiger partial charge is 0.284 e. The molecule has 0 unspecified atom stereocenters. The van der Waals surface area contributed by atoms with Gasteiger partial charge in [-0.3, -0.25) is 4.79 Å². The van der Waals surface area contributed by atoms with Crippen LogP contribution >= 0.6 is 38.6 Å². The first kappa shape index (κ1) is 14.6. The van der Waals surface area contributed by atoms with E-state index in [-0.39, 0.29) is 5.91 Å². The number of hydrogen-bond acceptors (Lipinski definition) is 6. The van der Waals surface area contributed by atoms with Crippen molar-refractivity contribution in [3.05, 3.63) is 56.8 Å². The van der Waals surface area contributed by atoms with E-state index in [0.717, 1.165) is 18.9 Å². The fourth-order valence-corrected chi connectivity index (χ4v) is 4.57. The third-order valence-electron chi connectivity index (χ3n) is 3.31. The van der Waals surface area contributed by atoms with E-state index in [2.05, 4.69) is 26.0 Å². The van der Waals surface area contributed by atoms with E-state index in [1.807, 2.05) is 36.4 Å². The Kier molecular flexibility index (Phi) is 3.51. The maximum absolute atomic E-state index is 12.6. The van der Waals surface area contributed by atoms with Gasteiger partial charge < -0.3 is 5.73 Å². The summed E-state index contributed by atoms with van der Waals surface area (Å²) < 4.78 is 1.98. The minimum atomic E-state index is -0.258. The molecule has 1 aliphatic heterocycles. The number of para-hydroxylation sites is 1. The van der Waals surface area contributed by atoms with Gasteiger partial charge in [0.15, 0.2) is 0 Å². The number of hydrogen-bond donors (Lipinski definition) is 1. The maximum atomic E-state index is 12.6. The van der Waals surface area contributed by atoms with Crippen molar-refractivity contribution in [1.29, 1.82) is 0 Å². The first-order valence-electron chi connectivity index (χ1n) is 6.64. The predicted octanol–water partition coefficient (Wildman–Crippen LogP) is 3.71. The van der Waals surface area contributed by atoms with Crippen LogP contribution in [0.2, 0.25) is 0 Å². The van der Waals surface area contributed by atoms with Crippen molar-refractivity contribution in [3.63, 3.8) is 0 Å². The topological polar surface area (TPSA) is 71.6 Å². The van der Waals surface area contributed by atoms with Crippen molar-refractivity contribution < 1.29 is 4.79 Å². The first-order chi connectivity index (χ1) is 11.2. The number of amides is 1. The standard InChI is InChI=1S/C15H9BrN4OS2/c16-12-6-5-11(22-12)13-8(7-17)14(21)20(19-13)15-18-9-3-1-2-4-10(9)23-15/h1-7H,17H2. The number of anilines is 1. The number of halogens is 1. The van der Waals surface area contributed by atoms with E-state index in [1.54, 1.807) is 0 Å². The average Bonchev–Trinajstić information content (AvgIpc) is 3.23. The van der Waals surface area contributed by atoms with Gasteiger partial charge in [-0.1, -0.05) is 23.5 Å². The lowest BCUT2D eigenvalue weighted by atomic mass is 10.1. The van der Waals surface area contributed by atoms with Crippen LogP contribution in [0, 0.1) is 0 Å². The third-order valence-corrected chi connectivity index (χ3v) is 5.96. The van der Waals surface area contributed by atoms with Crippen molar-refractivity contribution in [2.75, 3.05) is 5.01 Å². The van der Waals surface area contributed by atoms with Crippen LogP contribution in [0.5, 0.6) is 0 Å². The molecule has 0 spiro atoms. The molecule has 2 aromatic heterocycles. The summed E-state index contributed by atoms with van der Waals surface area (Å²) in [5, 5.41) is 6.33. The molecule has 8 heteroatoms. The van der Waals surface area contributed by atoms with Crippen LogP contribution in [0.3, 0.4) is 0 Å². The monoisotopic (exact) mass is 404 g/mol. The molecule has 0 saturated carbocycles. The van der Waals surface area contributed by atoms with Gasteiger partial charge >= 0.3 is 0 Å². The summed E-state index contributed by atoms with van der Waals surface area (Å²) in [6.45, 7) is 0. The molecule has 0 bridgehead atoms. The molecule has 1 amide bonds. The van der Waals surface area contributed by atoms with Gasteiger partial charge in [0.05, 0.1) is 24.5 Å². The molecular formula is C15H9BrN4OS2. The Bertz CT molecular complexity index is 955. The number of thiophene rings is 1. The summed E-state index contributed by atoms with van der Waals surface area (Å²) in [6, 6.07) is 11.6. The van der Waals surface area contributed by atoms with E-state index < -0.39 is 0 Å². The second-order valence-corrected chi connectivity index (χ2v) is 8.19. The fraction of sp³-hybridized carbons (Fsp3) is 0. The highest BCUT2D eigenvalue weighted by Crippen LogP contribution is 2.34. The summed E-state index contributed by atoms with van der Waals surface area (Å²) in [5.41, 5.74) is 7.47. The van der Waals surface area contributed by atoms with E-state index in [4.69, 9.17) is 5.73 Å². The normalized spacial score (nSPS) is 16.6. The SMILES string of the molecule is NC=C1C(=O)N(c2nc3ccccc3s2)N=C1c1ccc(Br)s1. The number of thiazole rings is 1. The highest BCUT2D eigenvalue weighted by atomic mass is 79.9. The number of hydrazone groups is 1. The first-order valence-corrected chi connectivity index (χ1v) is 9.06. The summed E-state index contributed by atoms with van der Waals surface area (Å²) in [7, 11) is 0. The quantitative estimate of drug-likeness (QED) is 0.661. The number of fused-ring (bicyclic) bond motifs is 1. The van der Waals surface area contributed by atoms with Crippen LogP contribution in [0.1, 0.15) is 4.88 Å². The maximum Gasteiger partial charge on any atom is 0.284 e. The molecule has 2 N–H and O–H groups in total. The third kappa shape index (κ3) is 2.39.